The van der Waals surface area contributed by atoms with Crippen LogP contribution in [-0.2, 0) is 4.79 Å². The zero-order valence-corrected chi connectivity index (χ0v) is 13.2. The highest BCUT2D eigenvalue weighted by atomic mass is 19.4. The summed E-state index contributed by atoms with van der Waals surface area (Å²) in [5, 5.41) is 3.19. The van der Waals surface area contributed by atoms with Crippen molar-refractivity contribution < 1.29 is 18.0 Å². The Morgan fingerprint density at radius 3 is 2.29 bits per heavy atom. The average Bonchev–Trinajstić information content (AvgIpc) is 2.36. The second-order valence-corrected chi connectivity index (χ2v) is 6.48. The lowest BCUT2D eigenvalue weighted by atomic mass is 9.74. The maximum atomic E-state index is 12.8. The molecule has 1 fully saturated rings. The van der Waals surface area contributed by atoms with E-state index in [0.29, 0.717) is 32.4 Å². The van der Waals surface area contributed by atoms with E-state index in [0.717, 1.165) is 11.3 Å². The molecule has 1 aliphatic heterocycles. The van der Waals surface area contributed by atoms with Gasteiger partial charge in [0, 0.05) is 6.54 Å². The first kappa shape index (κ1) is 18.3. The van der Waals surface area contributed by atoms with Crippen LogP contribution in [0.2, 0.25) is 0 Å². The molecule has 124 valence electrons. The van der Waals surface area contributed by atoms with Crippen LogP contribution < -0.4 is 5.32 Å². The molecule has 1 rings (SSSR count). The summed E-state index contributed by atoms with van der Waals surface area (Å²) in [7, 11) is 0. The molecule has 3 nitrogen and oxygen atoms in total. The van der Waals surface area contributed by atoms with Crippen molar-refractivity contribution in [3.8, 4) is 0 Å². The van der Waals surface area contributed by atoms with Crippen LogP contribution in [-0.4, -0.2) is 43.2 Å². The highest BCUT2D eigenvalue weighted by molar-refractivity contribution is 5.83. The zero-order valence-electron chi connectivity index (χ0n) is 13.2. The third-order valence-electron chi connectivity index (χ3n) is 3.99. The molecule has 0 unspecified atom stereocenters. The highest BCUT2D eigenvalue weighted by Crippen LogP contribution is 2.37. The summed E-state index contributed by atoms with van der Waals surface area (Å²) in [6.07, 6.45) is -1.60. The van der Waals surface area contributed by atoms with E-state index in [1.165, 1.54) is 0 Å². The van der Waals surface area contributed by atoms with Gasteiger partial charge < -0.3 is 10.2 Å². The van der Waals surface area contributed by atoms with Gasteiger partial charge in [0.25, 0.3) is 0 Å². The molecule has 0 radical (unpaired) electrons. The molecule has 1 heterocycles. The molecule has 0 aromatic rings. The molecule has 1 N–H and O–H groups in total. The normalized spacial score (nSPS) is 18.8. The van der Waals surface area contributed by atoms with Gasteiger partial charge in [0.15, 0.2) is 0 Å². The summed E-state index contributed by atoms with van der Waals surface area (Å²) in [6, 6.07) is 0. The third-order valence-corrected chi connectivity index (χ3v) is 3.99. The van der Waals surface area contributed by atoms with Crippen LogP contribution in [0.3, 0.4) is 0 Å². The van der Waals surface area contributed by atoms with Crippen molar-refractivity contribution in [1.82, 2.24) is 10.2 Å². The standard InChI is InChI=1S/C15H27F3N2O/c1-4-5-14(6-8-19-9-7-14)13(21)20(10-12(2)3)11-15(16,17)18/h12,19H,4-11H2,1-3H3. The monoisotopic (exact) mass is 308 g/mol. The molecule has 6 heteroatoms. The van der Waals surface area contributed by atoms with Crippen LogP contribution in [0.25, 0.3) is 0 Å². The number of hydrogen-bond donors (Lipinski definition) is 1. The van der Waals surface area contributed by atoms with Gasteiger partial charge >= 0.3 is 6.18 Å². The predicted molar refractivity (Wildman–Crippen MR) is 76.9 cm³/mol. The zero-order chi connectivity index (χ0) is 16.1. The van der Waals surface area contributed by atoms with Gasteiger partial charge in [-0.25, -0.2) is 0 Å². The van der Waals surface area contributed by atoms with E-state index in [2.05, 4.69) is 5.32 Å². The van der Waals surface area contributed by atoms with E-state index in [1.807, 2.05) is 20.8 Å². The topological polar surface area (TPSA) is 32.3 Å². The average molecular weight is 308 g/mol. The summed E-state index contributed by atoms with van der Waals surface area (Å²) in [6.45, 7) is 6.09. The summed E-state index contributed by atoms with van der Waals surface area (Å²) in [5.74, 6) is -0.284. The SMILES string of the molecule is CCCC1(C(=O)N(CC(C)C)CC(F)(F)F)CCNCC1. The molecular formula is C15H27F3N2O. The molecular weight excluding hydrogens is 281 g/mol. The minimum atomic E-state index is -4.34. The number of carbonyl (C=O) groups excluding carboxylic acids is 1. The Labute approximate surface area is 125 Å². The number of nitrogens with one attached hydrogen (secondary N) is 1. The van der Waals surface area contributed by atoms with Gasteiger partial charge in [0.2, 0.25) is 5.91 Å². The predicted octanol–water partition coefficient (Wildman–Crippen LogP) is 3.20. The van der Waals surface area contributed by atoms with E-state index >= 15 is 0 Å². The summed E-state index contributed by atoms with van der Waals surface area (Å²) < 4.78 is 38.4. The molecule has 0 saturated carbocycles. The first-order valence-corrected chi connectivity index (χ1v) is 7.77. The van der Waals surface area contributed by atoms with Gasteiger partial charge in [0.05, 0.1) is 5.41 Å². The van der Waals surface area contributed by atoms with Crippen LogP contribution in [0.4, 0.5) is 13.2 Å². The largest absolute Gasteiger partial charge is 0.406 e. The summed E-state index contributed by atoms with van der Waals surface area (Å²) >= 11 is 0. The number of piperidine rings is 1. The fourth-order valence-corrected chi connectivity index (χ4v) is 3.17. The van der Waals surface area contributed by atoms with Crippen molar-refractivity contribution in [1.29, 1.82) is 0 Å². The Hall–Kier alpha value is -0.780. The molecule has 0 atom stereocenters. The van der Waals surface area contributed by atoms with Crippen LogP contribution >= 0.6 is 0 Å². The molecule has 0 aromatic heterocycles. The van der Waals surface area contributed by atoms with E-state index in [9.17, 15) is 18.0 Å². The molecule has 0 bridgehead atoms. The van der Waals surface area contributed by atoms with E-state index in [1.54, 1.807) is 0 Å². The minimum absolute atomic E-state index is 0.0247. The van der Waals surface area contributed by atoms with Crippen molar-refractivity contribution in [3.63, 3.8) is 0 Å². The number of alkyl halides is 3. The molecule has 0 aromatic carbocycles. The van der Waals surface area contributed by atoms with Gasteiger partial charge in [-0.15, -0.1) is 0 Å². The van der Waals surface area contributed by atoms with E-state index in [4.69, 9.17) is 0 Å². The van der Waals surface area contributed by atoms with Gasteiger partial charge in [-0.2, -0.15) is 13.2 Å². The van der Waals surface area contributed by atoms with Crippen molar-refractivity contribution >= 4 is 5.91 Å². The lowest BCUT2D eigenvalue weighted by Gasteiger charge is -2.40. The van der Waals surface area contributed by atoms with Crippen molar-refractivity contribution in [2.45, 2.75) is 52.6 Å². The van der Waals surface area contributed by atoms with Gasteiger partial charge in [-0.05, 0) is 38.3 Å². The van der Waals surface area contributed by atoms with E-state index < -0.39 is 18.1 Å². The summed E-state index contributed by atoms with van der Waals surface area (Å²) in [4.78, 5) is 13.9. The quantitative estimate of drug-likeness (QED) is 0.817. The smallest absolute Gasteiger partial charge is 0.333 e. The highest BCUT2D eigenvalue weighted by Gasteiger charge is 2.44. The fraction of sp³-hybridized carbons (Fsp3) is 0.933. The molecule has 0 spiro atoms. The van der Waals surface area contributed by atoms with Gasteiger partial charge in [-0.1, -0.05) is 27.2 Å². The minimum Gasteiger partial charge on any atom is -0.333 e. The molecule has 1 aliphatic rings. The van der Waals surface area contributed by atoms with Gasteiger partial charge in [-0.3, -0.25) is 4.79 Å². The third kappa shape index (κ3) is 5.49. The first-order chi connectivity index (χ1) is 9.70. The second kappa shape index (κ2) is 7.47. The van der Waals surface area contributed by atoms with Crippen molar-refractivity contribution in [2.24, 2.45) is 11.3 Å². The Morgan fingerprint density at radius 2 is 1.86 bits per heavy atom. The number of rotatable bonds is 6. The molecule has 1 saturated heterocycles. The Bertz CT molecular complexity index is 331. The number of hydrogen-bond acceptors (Lipinski definition) is 2. The molecule has 0 aliphatic carbocycles. The van der Waals surface area contributed by atoms with Crippen molar-refractivity contribution in [2.75, 3.05) is 26.2 Å². The van der Waals surface area contributed by atoms with E-state index in [-0.39, 0.29) is 18.4 Å². The molecule has 1 amide bonds. The van der Waals surface area contributed by atoms with Gasteiger partial charge in [0.1, 0.15) is 6.54 Å². The van der Waals surface area contributed by atoms with Crippen LogP contribution in [0.1, 0.15) is 46.5 Å². The van der Waals surface area contributed by atoms with Crippen molar-refractivity contribution in [3.05, 3.63) is 0 Å². The Balaban J connectivity index is 2.93. The second-order valence-electron chi connectivity index (χ2n) is 6.48. The maximum absolute atomic E-state index is 12.8. The lowest BCUT2D eigenvalue weighted by Crippen LogP contribution is -2.52. The fourth-order valence-electron chi connectivity index (χ4n) is 3.17. The van der Waals surface area contributed by atoms with Crippen LogP contribution in [0.5, 0.6) is 0 Å². The number of amides is 1. The maximum Gasteiger partial charge on any atom is 0.406 e. The summed E-state index contributed by atoms with van der Waals surface area (Å²) in [5.41, 5.74) is -0.611. The number of halogens is 3. The molecule has 21 heavy (non-hydrogen) atoms. The van der Waals surface area contributed by atoms with Crippen LogP contribution in [0, 0.1) is 11.3 Å². The Kier molecular flexibility index (Phi) is 6.50. The Morgan fingerprint density at radius 1 is 1.29 bits per heavy atom. The number of nitrogens with zero attached hydrogens (tertiary/aromatic N) is 1. The lowest BCUT2D eigenvalue weighted by molar-refractivity contribution is -0.170. The van der Waals surface area contributed by atoms with Crippen LogP contribution in [0.15, 0.2) is 0 Å². The first-order valence-electron chi connectivity index (χ1n) is 7.77. The number of carbonyl (C=O) groups is 1.